The Bertz CT molecular complexity index is 737. The highest BCUT2D eigenvalue weighted by Crippen LogP contribution is 2.35. The zero-order valence-electron chi connectivity index (χ0n) is 14.7. The summed E-state index contributed by atoms with van der Waals surface area (Å²) in [5.74, 6) is 0.674. The van der Waals surface area contributed by atoms with Gasteiger partial charge in [-0.15, -0.1) is 0 Å². The molecule has 0 N–H and O–H groups in total. The van der Waals surface area contributed by atoms with Crippen molar-refractivity contribution in [2.24, 2.45) is 5.92 Å². The lowest BCUT2D eigenvalue weighted by Crippen LogP contribution is -2.37. The van der Waals surface area contributed by atoms with Crippen molar-refractivity contribution in [3.8, 4) is 0 Å². The van der Waals surface area contributed by atoms with E-state index in [0.29, 0.717) is 36.7 Å². The molecule has 0 bridgehead atoms. The number of anilines is 1. The van der Waals surface area contributed by atoms with Gasteiger partial charge in [-0.2, -0.15) is 4.31 Å². The first kappa shape index (κ1) is 17.4. The molecule has 3 rings (SSSR count). The molecule has 2 aliphatic heterocycles. The summed E-state index contributed by atoms with van der Waals surface area (Å²) >= 11 is 0. The highest BCUT2D eigenvalue weighted by atomic mass is 32.2. The molecular weight excluding hydrogens is 324 g/mol. The number of carbonyl (C=O) groups excluding carboxylic acids is 1. The first-order valence-corrected chi connectivity index (χ1v) is 10.2. The average Bonchev–Trinajstić information content (AvgIpc) is 2.89. The molecule has 2 heterocycles. The number of piperidine rings is 1. The van der Waals surface area contributed by atoms with Crippen LogP contribution in [-0.2, 0) is 21.2 Å². The van der Waals surface area contributed by atoms with Crippen LogP contribution in [0.15, 0.2) is 23.1 Å². The standard InChI is InChI=1S/C18H26N2O3S/c1-4-18(21)20-14(3)11-15-12-16(5-6-17(15)20)24(22,23)19-9-7-13(2)8-10-19/h5-6,12-14H,4,7-11H2,1-3H3. The van der Waals surface area contributed by atoms with Crippen molar-refractivity contribution in [3.05, 3.63) is 23.8 Å². The molecule has 24 heavy (non-hydrogen) atoms. The minimum Gasteiger partial charge on any atom is -0.309 e. The predicted molar refractivity (Wildman–Crippen MR) is 94.5 cm³/mol. The molecule has 132 valence electrons. The largest absolute Gasteiger partial charge is 0.309 e. The summed E-state index contributed by atoms with van der Waals surface area (Å²) in [5.41, 5.74) is 1.82. The molecule has 1 aromatic carbocycles. The van der Waals surface area contributed by atoms with E-state index in [-0.39, 0.29) is 11.9 Å². The van der Waals surface area contributed by atoms with Crippen molar-refractivity contribution >= 4 is 21.6 Å². The highest BCUT2D eigenvalue weighted by Gasteiger charge is 2.33. The average molecular weight is 350 g/mol. The third kappa shape index (κ3) is 2.97. The number of benzene rings is 1. The summed E-state index contributed by atoms with van der Waals surface area (Å²) in [6, 6.07) is 5.30. The second-order valence-corrected chi connectivity index (χ2v) is 8.99. The number of hydrogen-bond donors (Lipinski definition) is 0. The van der Waals surface area contributed by atoms with Gasteiger partial charge in [0.2, 0.25) is 15.9 Å². The number of hydrogen-bond acceptors (Lipinski definition) is 3. The molecule has 2 aliphatic rings. The number of amides is 1. The van der Waals surface area contributed by atoms with E-state index >= 15 is 0 Å². The van der Waals surface area contributed by atoms with Gasteiger partial charge in [-0.05, 0) is 55.9 Å². The van der Waals surface area contributed by atoms with Crippen molar-refractivity contribution in [3.63, 3.8) is 0 Å². The van der Waals surface area contributed by atoms with E-state index in [1.165, 1.54) is 0 Å². The Labute approximate surface area is 144 Å². The number of fused-ring (bicyclic) bond motifs is 1. The van der Waals surface area contributed by atoms with E-state index in [1.807, 2.05) is 13.8 Å². The molecule has 6 heteroatoms. The Morgan fingerprint density at radius 2 is 1.88 bits per heavy atom. The smallest absolute Gasteiger partial charge is 0.243 e. The van der Waals surface area contributed by atoms with E-state index in [0.717, 1.165) is 24.1 Å². The first-order valence-electron chi connectivity index (χ1n) is 8.79. The van der Waals surface area contributed by atoms with E-state index in [9.17, 15) is 13.2 Å². The number of sulfonamides is 1. The molecule has 1 atom stereocenters. The molecule has 0 radical (unpaired) electrons. The molecule has 1 amide bonds. The molecule has 0 saturated carbocycles. The van der Waals surface area contributed by atoms with Gasteiger partial charge in [0.25, 0.3) is 0 Å². The van der Waals surface area contributed by atoms with E-state index in [1.54, 1.807) is 27.4 Å². The summed E-state index contributed by atoms with van der Waals surface area (Å²) in [7, 11) is -3.44. The van der Waals surface area contributed by atoms with Crippen LogP contribution < -0.4 is 4.90 Å². The van der Waals surface area contributed by atoms with Gasteiger partial charge in [0, 0.05) is 31.2 Å². The van der Waals surface area contributed by atoms with Crippen LogP contribution in [0.1, 0.15) is 45.6 Å². The second-order valence-electron chi connectivity index (χ2n) is 7.05. The lowest BCUT2D eigenvalue weighted by atomic mass is 10.0. The zero-order chi connectivity index (χ0) is 17.5. The summed E-state index contributed by atoms with van der Waals surface area (Å²) < 4.78 is 27.4. The van der Waals surface area contributed by atoms with Gasteiger partial charge in [0.15, 0.2) is 0 Å². The lowest BCUT2D eigenvalue weighted by molar-refractivity contribution is -0.118. The van der Waals surface area contributed by atoms with Crippen LogP contribution in [0.25, 0.3) is 0 Å². The molecule has 1 unspecified atom stereocenters. The van der Waals surface area contributed by atoms with Crippen LogP contribution >= 0.6 is 0 Å². The maximum absolute atomic E-state index is 12.9. The van der Waals surface area contributed by atoms with Gasteiger partial charge >= 0.3 is 0 Å². The Morgan fingerprint density at radius 1 is 1.21 bits per heavy atom. The number of nitrogens with zero attached hydrogens (tertiary/aromatic N) is 2. The minimum atomic E-state index is -3.44. The first-order chi connectivity index (χ1) is 11.3. The van der Waals surface area contributed by atoms with Crippen LogP contribution in [0.4, 0.5) is 5.69 Å². The summed E-state index contributed by atoms with van der Waals surface area (Å²) in [5, 5.41) is 0. The molecule has 5 nitrogen and oxygen atoms in total. The molecular formula is C18H26N2O3S. The quantitative estimate of drug-likeness (QED) is 0.842. The predicted octanol–water partition coefficient (Wildman–Crippen LogP) is 2.79. The van der Waals surface area contributed by atoms with E-state index < -0.39 is 10.0 Å². The normalized spacial score (nSPS) is 22.6. The summed E-state index contributed by atoms with van der Waals surface area (Å²) in [6.07, 6.45) is 3.00. The Morgan fingerprint density at radius 3 is 2.50 bits per heavy atom. The third-order valence-corrected chi connectivity index (χ3v) is 7.11. The number of rotatable bonds is 3. The maximum Gasteiger partial charge on any atom is 0.243 e. The van der Waals surface area contributed by atoms with E-state index in [2.05, 4.69) is 6.92 Å². The van der Waals surface area contributed by atoms with Crippen molar-refractivity contribution in [1.82, 2.24) is 4.31 Å². The van der Waals surface area contributed by atoms with Gasteiger partial charge in [-0.3, -0.25) is 4.79 Å². The van der Waals surface area contributed by atoms with Crippen molar-refractivity contribution in [1.29, 1.82) is 0 Å². The molecule has 1 aromatic rings. The van der Waals surface area contributed by atoms with Crippen LogP contribution in [0.3, 0.4) is 0 Å². The van der Waals surface area contributed by atoms with Gasteiger partial charge in [0.1, 0.15) is 0 Å². The van der Waals surface area contributed by atoms with Gasteiger partial charge in [-0.25, -0.2) is 8.42 Å². The minimum absolute atomic E-state index is 0.0845. The Kier molecular flexibility index (Phi) is 4.71. The SMILES string of the molecule is CCC(=O)N1c2ccc(S(=O)(=O)N3CCC(C)CC3)cc2CC1C. The summed E-state index contributed by atoms with van der Waals surface area (Å²) in [6.45, 7) is 7.21. The van der Waals surface area contributed by atoms with Crippen LogP contribution in [-0.4, -0.2) is 37.8 Å². The second kappa shape index (κ2) is 6.48. The summed E-state index contributed by atoms with van der Waals surface area (Å²) in [4.78, 5) is 14.3. The fourth-order valence-electron chi connectivity index (χ4n) is 3.69. The molecule has 1 fully saturated rings. The Hall–Kier alpha value is -1.40. The van der Waals surface area contributed by atoms with Crippen molar-refractivity contribution < 1.29 is 13.2 Å². The fraction of sp³-hybridized carbons (Fsp3) is 0.611. The molecule has 0 spiro atoms. The van der Waals surface area contributed by atoms with Crippen LogP contribution in [0.2, 0.25) is 0 Å². The van der Waals surface area contributed by atoms with E-state index in [4.69, 9.17) is 0 Å². The van der Waals surface area contributed by atoms with Gasteiger partial charge in [-0.1, -0.05) is 13.8 Å². The van der Waals surface area contributed by atoms with Crippen molar-refractivity contribution in [2.75, 3.05) is 18.0 Å². The zero-order valence-corrected chi connectivity index (χ0v) is 15.5. The fourth-order valence-corrected chi connectivity index (χ4v) is 5.21. The monoisotopic (exact) mass is 350 g/mol. The van der Waals surface area contributed by atoms with Crippen LogP contribution in [0, 0.1) is 5.92 Å². The topological polar surface area (TPSA) is 57.7 Å². The Balaban J connectivity index is 1.90. The lowest BCUT2D eigenvalue weighted by Gasteiger charge is -2.29. The number of carbonyl (C=O) groups is 1. The van der Waals surface area contributed by atoms with Crippen LogP contribution in [0.5, 0.6) is 0 Å². The van der Waals surface area contributed by atoms with Crippen molar-refractivity contribution in [2.45, 2.75) is 57.4 Å². The molecule has 0 aromatic heterocycles. The molecule has 0 aliphatic carbocycles. The van der Waals surface area contributed by atoms with Gasteiger partial charge in [0.05, 0.1) is 4.90 Å². The molecule has 1 saturated heterocycles. The highest BCUT2D eigenvalue weighted by molar-refractivity contribution is 7.89. The third-order valence-electron chi connectivity index (χ3n) is 5.22. The maximum atomic E-state index is 12.9. The van der Waals surface area contributed by atoms with Gasteiger partial charge < -0.3 is 4.90 Å².